The summed E-state index contributed by atoms with van der Waals surface area (Å²) in [5.74, 6) is -1.02. The van der Waals surface area contributed by atoms with Gasteiger partial charge in [-0.25, -0.2) is 4.39 Å². The molecule has 9 heteroatoms. The van der Waals surface area contributed by atoms with Crippen LogP contribution in [0.5, 0.6) is 0 Å². The Labute approximate surface area is 209 Å². The lowest BCUT2D eigenvalue weighted by molar-refractivity contribution is -0.130. The number of likely N-dealkylation sites (tertiary alicyclic amines) is 1. The SMILES string of the molecule is O=C(N/C(=C\c1ccc(F)cc1)C(=O)N1CC2CC(C1)c1cccc(=O)n1C2)c1cncc(Br)c1. The topological polar surface area (TPSA) is 84.3 Å². The highest BCUT2D eigenvalue weighted by Crippen LogP contribution is 2.35. The number of hydrogen-bond donors (Lipinski definition) is 1. The van der Waals surface area contributed by atoms with Crippen molar-refractivity contribution in [3.63, 3.8) is 0 Å². The number of carbonyl (C=O) groups excluding carboxylic acids is 2. The molecular formula is C26H22BrFN4O3. The second kappa shape index (κ2) is 9.58. The van der Waals surface area contributed by atoms with Crippen LogP contribution < -0.4 is 10.9 Å². The lowest BCUT2D eigenvalue weighted by atomic mass is 9.83. The molecule has 7 nitrogen and oxygen atoms in total. The monoisotopic (exact) mass is 536 g/mol. The van der Waals surface area contributed by atoms with Gasteiger partial charge in [-0.15, -0.1) is 0 Å². The van der Waals surface area contributed by atoms with E-state index in [9.17, 15) is 18.8 Å². The third kappa shape index (κ3) is 4.95. The van der Waals surface area contributed by atoms with Crippen molar-refractivity contribution in [1.82, 2.24) is 19.8 Å². The first-order valence-electron chi connectivity index (χ1n) is 11.3. The maximum atomic E-state index is 13.7. The van der Waals surface area contributed by atoms with Crippen molar-refractivity contribution in [3.8, 4) is 0 Å². The average molecular weight is 537 g/mol. The molecule has 1 N–H and O–H groups in total. The molecular weight excluding hydrogens is 515 g/mol. The minimum Gasteiger partial charge on any atom is -0.336 e. The number of fused-ring (bicyclic) bond motifs is 4. The predicted octanol–water partition coefficient (Wildman–Crippen LogP) is 3.56. The van der Waals surface area contributed by atoms with Crippen LogP contribution in [0.15, 0.2) is 75.9 Å². The van der Waals surface area contributed by atoms with Gasteiger partial charge in [0.15, 0.2) is 0 Å². The van der Waals surface area contributed by atoms with E-state index in [0.29, 0.717) is 35.2 Å². The highest BCUT2D eigenvalue weighted by molar-refractivity contribution is 9.10. The van der Waals surface area contributed by atoms with Gasteiger partial charge in [0.1, 0.15) is 11.5 Å². The Hall–Kier alpha value is -3.59. The lowest BCUT2D eigenvalue weighted by Crippen LogP contribution is -2.50. The highest BCUT2D eigenvalue weighted by atomic mass is 79.9. The van der Waals surface area contributed by atoms with Gasteiger partial charge in [0, 0.05) is 54.2 Å². The molecule has 0 saturated carbocycles. The summed E-state index contributed by atoms with van der Waals surface area (Å²) in [6, 6.07) is 12.6. The van der Waals surface area contributed by atoms with E-state index in [4.69, 9.17) is 0 Å². The third-order valence-electron chi connectivity index (χ3n) is 6.39. The molecule has 0 spiro atoms. The molecule has 1 fully saturated rings. The number of halogens is 2. The molecule has 2 atom stereocenters. The van der Waals surface area contributed by atoms with Crippen LogP contribution in [0.4, 0.5) is 4.39 Å². The number of nitrogens with one attached hydrogen (secondary N) is 1. The molecule has 178 valence electrons. The molecule has 3 aromatic rings. The largest absolute Gasteiger partial charge is 0.336 e. The minimum atomic E-state index is -0.477. The van der Waals surface area contributed by atoms with Crippen molar-refractivity contribution in [1.29, 1.82) is 0 Å². The third-order valence-corrected chi connectivity index (χ3v) is 6.83. The van der Waals surface area contributed by atoms with Crippen molar-refractivity contribution in [3.05, 3.63) is 104 Å². The van der Waals surface area contributed by atoms with Gasteiger partial charge in [-0.3, -0.25) is 19.4 Å². The van der Waals surface area contributed by atoms with Gasteiger partial charge in [0.25, 0.3) is 17.4 Å². The Kier molecular flexibility index (Phi) is 6.34. The summed E-state index contributed by atoms with van der Waals surface area (Å²) in [5.41, 5.74) is 1.87. The molecule has 0 radical (unpaired) electrons. The zero-order valence-electron chi connectivity index (χ0n) is 18.7. The molecule has 1 saturated heterocycles. The van der Waals surface area contributed by atoms with E-state index in [1.807, 2.05) is 6.07 Å². The molecule has 2 aliphatic heterocycles. The number of rotatable bonds is 4. The van der Waals surface area contributed by atoms with E-state index in [1.165, 1.54) is 18.3 Å². The molecule has 35 heavy (non-hydrogen) atoms. The van der Waals surface area contributed by atoms with Crippen LogP contribution in [-0.2, 0) is 11.3 Å². The first kappa shape index (κ1) is 23.2. The number of amides is 2. The Balaban J connectivity index is 1.44. The van der Waals surface area contributed by atoms with Gasteiger partial charge in [0.2, 0.25) is 0 Å². The molecule has 2 amide bonds. The van der Waals surface area contributed by atoms with E-state index in [2.05, 4.69) is 26.2 Å². The van der Waals surface area contributed by atoms with Gasteiger partial charge in [0.05, 0.1) is 5.56 Å². The predicted molar refractivity (Wildman–Crippen MR) is 132 cm³/mol. The molecule has 0 aliphatic carbocycles. The molecule has 1 aromatic carbocycles. The summed E-state index contributed by atoms with van der Waals surface area (Å²) in [4.78, 5) is 44.7. The highest BCUT2D eigenvalue weighted by Gasteiger charge is 2.37. The second-order valence-electron chi connectivity index (χ2n) is 8.86. The summed E-state index contributed by atoms with van der Waals surface area (Å²) in [5, 5.41) is 2.74. The van der Waals surface area contributed by atoms with Crippen LogP contribution in [0.3, 0.4) is 0 Å². The Morgan fingerprint density at radius 2 is 1.89 bits per heavy atom. The van der Waals surface area contributed by atoms with Gasteiger partial charge >= 0.3 is 0 Å². The Bertz CT molecular complexity index is 1390. The summed E-state index contributed by atoms with van der Waals surface area (Å²) in [6.07, 6.45) is 5.43. The summed E-state index contributed by atoms with van der Waals surface area (Å²) in [7, 11) is 0. The fourth-order valence-corrected chi connectivity index (χ4v) is 5.20. The standard InChI is InChI=1S/C26H22BrFN4O3/c27-20-10-18(11-29-12-20)25(34)30-22(9-16-4-6-21(28)7-5-16)26(35)31-13-17-8-19(15-31)23-2-1-3-24(33)32(23)14-17/h1-7,9-12,17,19H,8,13-15H2,(H,30,34)/b22-9-. The second-order valence-corrected chi connectivity index (χ2v) is 9.78. The van der Waals surface area contributed by atoms with E-state index in [-0.39, 0.29) is 29.0 Å². The van der Waals surface area contributed by atoms with Crippen molar-refractivity contribution in [2.45, 2.75) is 18.9 Å². The van der Waals surface area contributed by atoms with Gasteiger partial charge in [-0.1, -0.05) is 18.2 Å². The minimum absolute atomic E-state index is 0.0243. The maximum absolute atomic E-state index is 13.7. The molecule has 2 aliphatic rings. The number of pyridine rings is 2. The van der Waals surface area contributed by atoms with E-state index >= 15 is 0 Å². The van der Waals surface area contributed by atoms with Crippen LogP contribution in [0, 0.1) is 11.7 Å². The number of hydrogen-bond acceptors (Lipinski definition) is 4. The summed E-state index contributed by atoms with van der Waals surface area (Å²) >= 11 is 3.30. The first-order valence-corrected chi connectivity index (χ1v) is 12.0. The van der Waals surface area contributed by atoms with Crippen LogP contribution in [0.25, 0.3) is 6.08 Å². The zero-order chi connectivity index (χ0) is 24.5. The smallest absolute Gasteiger partial charge is 0.270 e. The van der Waals surface area contributed by atoms with Gasteiger partial charge in [-0.2, -0.15) is 0 Å². The van der Waals surface area contributed by atoms with Crippen molar-refractivity contribution in [2.75, 3.05) is 13.1 Å². The van der Waals surface area contributed by atoms with Crippen LogP contribution in [0.1, 0.15) is 34.0 Å². The fourth-order valence-electron chi connectivity index (χ4n) is 4.84. The van der Waals surface area contributed by atoms with Crippen LogP contribution in [-0.4, -0.2) is 39.4 Å². The van der Waals surface area contributed by atoms with Crippen molar-refractivity contribution < 1.29 is 14.0 Å². The summed E-state index contributed by atoms with van der Waals surface area (Å²) < 4.78 is 15.9. The molecule has 2 unspecified atom stereocenters. The summed E-state index contributed by atoms with van der Waals surface area (Å²) in [6.45, 7) is 1.47. The van der Waals surface area contributed by atoms with E-state index in [0.717, 1.165) is 12.1 Å². The number of piperidine rings is 1. The molecule has 4 heterocycles. The van der Waals surface area contributed by atoms with Crippen LogP contribution >= 0.6 is 15.9 Å². The maximum Gasteiger partial charge on any atom is 0.270 e. The van der Waals surface area contributed by atoms with Crippen molar-refractivity contribution in [2.24, 2.45) is 5.92 Å². The number of aromatic nitrogens is 2. The zero-order valence-corrected chi connectivity index (χ0v) is 20.2. The first-order chi connectivity index (χ1) is 16.9. The Morgan fingerprint density at radius 1 is 1.09 bits per heavy atom. The number of carbonyl (C=O) groups is 2. The normalized spacial score (nSPS) is 19.1. The molecule has 2 aromatic heterocycles. The van der Waals surface area contributed by atoms with E-state index < -0.39 is 11.7 Å². The average Bonchev–Trinajstić information content (AvgIpc) is 2.85. The molecule has 5 rings (SSSR count). The number of benzene rings is 1. The number of nitrogens with zero attached hydrogens (tertiary/aromatic N) is 3. The van der Waals surface area contributed by atoms with Crippen molar-refractivity contribution >= 4 is 33.8 Å². The van der Waals surface area contributed by atoms with Crippen LogP contribution in [0.2, 0.25) is 0 Å². The quantitative estimate of drug-likeness (QED) is 0.516. The fraction of sp³-hybridized carbons (Fsp3) is 0.231. The Morgan fingerprint density at radius 3 is 2.66 bits per heavy atom. The molecule has 2 bridgehead atoms. The lowest BCUT2D eigenvalue weighted by Gasteiger charge is -2.43. The van der Waals surface area contributed by atoms with Gasteiger partial charge < -0.3 is 14.8 Å². The van der Waals surface area contributed by atoms with E-state index in [1.54, 1.807) is 52.1 Å². The van der Waals surface area contributed by atoms with Gasteiger partial charge in [-0.05, 0) is 64.2 Å².